The third-order valence-electron chi connectivity index (χ3n) is 4.80. The van der Waals surface area contributed by atoms with Crippen LogP contribution in [0.3, 0.4) is 0 Å². The van der Waals surface area contributed by atoms with Crippen molar-refractivity contribution in [3.63, 3.8) is 0 Å². The fraction of sp³-hybridized carbons (Fsp3) is 0.273. The molecular weight excluding hydrogens is 393 g/mol. The van der Waals surface area contributed by atoms with Crippen molar-refractivity contribution >= 4 is 23.6 Å². The highest BCUT2D eigenvalue weighted by Crippen LogP contribution is 2.27. The van der Waals surface area contributed by atoms with E-state index in [2.05, 4.69) is 0 Å². The molecule has 2 amide bonds. The van der Waals surface area contributed by atoms with Gasteiger partial charge in [0.25, 0.3) is 11.8 Å². The molecule has 1 aliphatic rings. The molecule has 0 bridgehead atoms. The summed E-state index contributed by atoms with van der Waals surface area (Å²) >= 11 is 0. The summed E-state index contributed by atoms with van der Waals surface area (Å²) in [6.07, 6.45) is 0. The Labute approximate surface area is 172 Å². The first kappa shape index (κ1) is 21.2. The van der Waals surface area contributed by atoms with Gasteiger partial charge in [0.05, 0.1) is 18.2 Å². The molecule has 0 saturated carbocycles. The Morgan fingerprint density at radius 2 is 1.63 bits per heavy atom. The van der Waals surface area contributed by atoms with E-state index in [4.69, 9.17) is 9.47 Å². The standard InChI is InChI=1S/C22H20FNO6/c1-12(2)19(24-20(26)14-6-4-5-7-15(14)21(24)27)22(28)30-11-17(25)13-8-9-18(29-3)16(23)10-13/h4-10,12,19H,11H2,1-3H3/t19-/m1/s1. The lowest BCUT2D eigenvalue weighted by atomic mass is 10.0. The Balaban J connectivity index is 1.74. The minimum Gasteiger partial charge on any atom is -0.494 e. The van der Waals surface area contributed by atoms with Gasteiger partial charge in [0.15, 0.2) is 24.0 Å². The highest BCUT2D eigenvalue weighted by Gasteiger charge is 2.44. The van der Waals surface area contributed by atoms with Gasteiger partial charge in [-0.25, -0.2) is 9.18 Å². The van der Waals surface area contributed by atoms with Gasteiger partial charge >= 0.3 is 5.97 Å². The fourth-order valence-electron chi connectivity index (χ4n) is 3.28. The van der Waals surface area contributed by atoms with E-state index in [-0.39, 0.29) is 22.4 Å². The van der Waals surface area contributed by atoms with Crippen LogP contribution in [0.1, 0.15) is 44.9 Å². The van der Waals surface area contributed by atoms with Crippen LogP contribution < -0.4 is 4.74 Å². The molecule has 0 spiro atoms. The predicted octanol–water partition coefficient (Wildman–Crippen LogP) is 2.88. The summed E-state index contributed by atoms with van der Waals surface area (Å²) in [6, 6.07) is 8.71. The molecule has 0 fully saturated rings. The number of halogens is 1. The zero-order chi connectivity index (χ0) is 22.0. The molecule has 3 rings (SSSR count). The number of rotatable bonds is 7. The number of imide groups is 1. The topological polar surface area (TPSA) is 90.0 Å². The molecule has 7 nitrogen and oxygen atoms in total. The summed E-state index contributed by atoms with van der Waals surface area (Å²) in [5.74, 6) is -3.88. The van der Waals surface area contributed by atoms with E-state index in [0.717, 1.165) is 11.0 Å². The number of hydrogen-bond donors (Lipinski definition) is 0. The molecule has 1 atom stereocenters. The zero-order valence-corrected chi connectivity index (χ0v) is 16.7. The number of benzene rings is 2. The van der Waals surface area contributed by atoms with Gasteiger partial charge in [0, 0.05) is 5.56 Å². The molecule has 0 unspecified atom stereocenters. The lowest BCUT2D eigenvalue weighted by Gasteiger charge is -2.27. The molecule has 1 aliphatic heterocycles. The van der Waals surface area contributed by atoms with E-state index in [1.165, 1.54) is 31.4 Å². The summed E-state index contributed by atoms with van der Waals surface area (Å²) in [7, 11) is 1.30. The number of esters is 1. The number of amides is 2. The molecule has 0 saturated heterocycles. The van der Waals surface area contributed by atoms with Gasteiger partial charge in [0.1, 0.15) is 6.04 Å². The number of ketones is 1. The van der Waals surface area contributed by atoms with Crippen molar-refractivity contribution in [2.45, 2.75) is 19.9 Å². The monoisotopic (exact) mass is 413 g/mol. The maximum absolute atomic E-state index is 13.8. The van der Waals surface area contributed by atoms with E-state index in [1.54, 1.807) is 26.0 Å². The first-order valence-corrected chi connectivity index (χ1v) is 9.26. The normalized spacial score (nSPS) is 14.0. The zero-order valence-electron chi connectivity index (χ0n) is 16.7. The van der Waals surface area contributed by atoms with Crippen LogP contribution in [0.25, 0.3) is 0 Å². The van der Waals surface area contributed by atoms with Gasteiger partial charge in [-0.05, 0) is 36.2 Å². The SMILES string of the molecule is COc1ccc(C(=O)COC(=O)[C@@H](C(C)C)N2C(=O)c3ccccc3C2=O)cc1F. The molecule has 0 aromatic heterocycles. The average molecular weight is 413 g/mol. The number of Topliss-reactive ketones (excluding diaryl/α,β-unsaturated/α-hetero) is 1. The van der Waals surface area contributed by atoms with Gasteiger partial charge in [-0.2, -0.15) is 0 Å². The van der Waals surface area contributed by atoms with Crippen LogP contribution in [0, 0.1) is 11.7 Å². The summed E-state index contributed by atoms with van der Waals surface area (Å²) < 4.78 is 23.7. The van der Waals surface area contributed by atoms with Crippen molar-refractivity contribution in [1.29, 1.82) is 0 Å². The smallest absolute Gasteiger partial charge is 0.330 e. The number of fused-ring (bicyclic) bond motifs is 1. The van der Waals surface area contributed by atoms with Crippen LogP contribution >= 0.6 is 0 Å². The number of carbonyl (C=O) groups is 4. The van der Waals surface area contributed by atoms with Crippen LogP contribution in [-0.4, -0.2) is 48.2 Å². The Morgan fingerprint density at radius 3 is 2.13 bits per heavy atom. The summed E-state index contributed by atoms with van der Waals surface area (Å²) in [4.78, 5) is 51.2. The van der Waals surface area contributed by atoms with Crippen molar-refractivity contribution in [3.8, 4) is 5.75 Å². The molecule has 2 aromatic carbocycles. The molecule has 30 heavy (non-hydrogen) atoms. The van der Waals surface area contributed by atoms with Gasteiger partial charge in [-0.1, -0.05) is 26.0 Å². The van der Waals surface area contributed by atoms with Crippen LogP contribution in [0.5, 0.6) is 5.75 Å². The largest absolute Gasteiger partial charge is 0.494 e. The minimum atomic E-state index is -1.20. The Hall–Kier alpha value is -3.55. The first-order valence-electron chi connectivity index (χ1n) is 9.26. The van der Waals surface area contributed by atoms with Gasteiger partial charge in [-0.3, -0.25) is 19.3 Å². The third kappa shape index (κ3) is 3.80. The molecular formula is C22H20FNO6. The number of ether oxygens (including phenoxy) is 2. The predicted molar refractivity (Wildman–Crippen MR) is 104 cm³/mol. The van der Waals surface area contributed by atoms with Crippen molar-refractivity contribution < 1.29 is 33.0 Å². The Bertz CT molecular complexity index is 997. The molecule has 0 radical (unpaired) electrons. The molecule has 0 aliphatic carbocycles. The third-order valence-corrected chi connectivity index (χ3v) is 4.80. The average Bonchev–Trinajstić information content (AvgIpc) is 2.97. The second-order valence-corrected chi connectivity index (χ2v) is 7.09. The molecule has 1 heterocycles. The quantitative estimate of drug-likeness (QED) is 0.394. The fourth-order valence-corrected chi connectivity index (χ4v) is 3.28. The lowest BCUT2D eigenvalue weighted by Crippen LogP contribution is -2.49. The second kappa shape index (κ2) is 8.44. The van der Waals surface area contributed by atoms with E-state index < -0.39 is 48.0 Å². The Kier molecular flexibility index (Phi) is 5.96. The summed E-state index contributed by atoms with van der Waals surface area (Å²) in [5.41, 5.74) is 0.430. The van der Waals surface area contributed by atoms with Crippen LogP contribution in [0.2, 0.25) is 0 Å². The van der Waals surface area contributed by atoms with Gasteiger partial charge in [0.2, 0.25) is 0 Å². The highest BCUT2D eigenvalue weighted by molar-refractivity contribution is 6.22. The summed E-state index contributed by atoms with van der Waals surface area (Å²) in [6.45, 7) is 2.67. The van der Waals surface area contributed by atoms with Crippen molar-refractivity contribution in [2.24, 2.45) is 5.92 Å². The number of methoxy groups -OCH3 is 1. The van der Waals surface area contributed by atoms with Crippen LogP contribution in [0.4, 0.5) is 4.39 Å². The van der Waals surface area contributed by atoms with Crippen LogP contribution in [0.15, 0.2) is 42.5 Å². The maximum atomic E-state index is 13.8. The minimum absolute atomic E-state index is 0.00271. The first-order chi connectivity index (χ1) is 14.3. The van der Waals surface area contributed by atoms with Crippen molar-refractivity contribution in [1.82, 2.24) is 4.90 Å². The van der Waals surface area contributed by atoms with Crippen molar-refractivity contribution in [2.75, 3.05) is 13.7 Å². The van der Waals surface area contributed by atoms with E-state index in [0.29, 0.717) is 0 Å². The van der Waals surface area contributed by atoms with Crippen LogP contribution in [-0.2, 0) is 9.53 Å². The van der Waals surface area contributed by atoms with E-state index in [9.17, 15) is 23.6 Å². The molecule has 8 heteroatoms. The summed E-state index contributed by atoms with van der Waals surface area (Å²) in [5, 5.41) is 0. The molecule has 156 valence electrons. The Morgan fingerprint density at radius 1 is 1.03 bits per heavy atom. The van der Waals surface area contributed by atoms with Gasteiger partial charge in [-0.15, -0.1) is 0 Å². The number of nitrogens with zero attached hydrogens (tertiary/aromatic N) is 1. The molecule has 0 N–H and O–H groups in total. The second-order valence-electron chi connectivity index (χ2n) is 7.09. The number of carbonyl (C=O) groups excluding carboxylic acids is 4. The van der Waals surface area contributed by atoms with E-state index >= 15 is 0 Å². The number of hydrogen-bond acceptors (Lipinski definition) is 6. The highest BCUT2D eigenvalue weighted by atomic mass is 19.1. The van der Waals surface area contributed by atoms with E-state index in [1.807, 2.05) is 0 Å². The van der Waals surface area contributed by atoms with Crippen molar-refractivity contribution in [3.05, 3.63) is 65.0 Å². The molecule has 2 aromatic rings. The van der Waals surface area contributed by atoms with Gasteiger partial charge < -0.3 is 9.47 Å². The maximum Gasteiger partial charge on any atom is 0.330 e. The lowest BCUT2D eigenvalue weighted by molar-refractivity contribution is -0.148.